The van der Waals surface area contributed by atoms with Crippen LogP contribution in [0.4, 0.5) is 11.4 Å². The van der Waals surface area contributed by atoms with Gasteiger partial charge >= 0.3 is 11.9 Å². The monoisotopic (exact) mass is 1130 g/mol. The molecule has 6 N–H and O–H groups in total. The molecule has 0 atom stereocenters. The largest absolute Gasteiger partial charge is 0.481 e. The van der Waals surface area contributed by atoms with E-state index in [0.29, 0.717) is 123 Å². The van der Waals surface area contributed by atoms with E-state index in [0.717, 1.165) is 32.9 Å². The number of aromatic amines is 2. The number of benzene rings is 6. The number of carboxylic acid groups (broad SMARTS) is 2. The Balaban J connectivity index is 1.18. The zero-order valence-corrected chi connectivity index (χ0v) is 46.2. The second kappa shape index (κ2) is 22.5. The fourth-order valence-electron chi connectivity index (χ4n) is 11.1. The number of anilines is 2. The number of ether oxygens (including phenoxy) is 2. The number of hydrogen-bond donors (Lipinski definition) is 6. The van der Waals surface area contributed by atoms with Gasteiger partial charge in [-0.25, -0.2) is 19.6 Å². The van der Waals surface area contributed by atoms with Gasteiger partial charge in [-0.2, -0.15) is 0 Å². The van der Waals surface area contributed by atoms with Gasteiger partial charge < -0.3 is 40.3 Å². The maximum atomic E-state index is 14.2. The Morgan fingerprint density at radius 1 is 0.419 bits per heavy atom. The third-order valence-electron chi connectivity index (χ3n) is 15.0. The predicted octanol–water partition coefficient (Wildman–Crippen LogP) is 14.5. The Hall–Kier alpha value is -11.8. The number of hydrogen-bond acceptors (Lipinski definition) is 10. The molecule has 0 spiro atoms. The van der Waals surface area contributed by atoms with Crippen LogP contribution >= 0.6 is 0 Å². The van der Waals surface area contributed by atoms with Crippen LogP contribution in [-0.4, -0.2) is 77.1 Å². The van der Waals surface area contributed by atoms with Crippen molar-refractivity contribution in [3.8, 4) is 56.0 Å². The van der Waals surface area contributed by atoms with Gasteiger partial charge in [-0.1, -0.05) is 97.1 Å². The molecule has 11 aromatic rings. The van der Waals surface area contributed by atoms with E-state index in [-0.39, 0.29) is 11.8 Å². The maximum Gasteiger partial charge on any atom is 0.341 e. The summed E-state index contributed by atoms with van der Waals surface area (Å²) in [4.78, 5) is 80.3. The highest BCUT2D eigenvalue weighted by Crippen LogP contribution is 2.46. The number of carboxylic acids is 2. The number of aliphatic carboxylic acids is 2. The van der Waals surface area contributed by atoms with E-state index in [9.17, 15) is 29.4 Å². The van der Waals surface area contributed by atoms with Gasteiger partial charge in [0.15, 0.2) is 13.2 Å². The van der Waals surface area contributed by atoms with Crippen LogP contribution in [0.25, 0.3) is 112 Å². The van der Waals surface area contributed by atoms with Crippen molar-refractivity contribution in [2.45, 2.75) is 13.8 Å². The summed E-state index contributed by atoms with van der Waals surface area (Å²) < 4.78 is 12.4. The number of nitrogens with zero attached hydrogens (tertiary/aromatic N) is 4. The average molecular weight is 1130 g/mol. The quantitative estimate of drug-likeness (QED) is 0.0597. The van der Waals surface area contributed by atoms with Crippen LogP contribution in [0.1, 0.15) is 54.9 Å². The van der Waals surface area contributed by atoms with Crippen molar-refractivity contribution in [1.29, 1.82) is 0 Å². The minimum atomic E-state index is -1.16. The molecule has 0 fully saturated rings. The first kappa shape index (κ1) is 53.5. The molecule has 16 nitrogen and oxygen atoms in total. The summed E-state index contributed by atoms with van der Waals surface area (Å²) in [7, 11) is 0. The number of rotatable bonds is 14. The fraction of sp³-hybridized carbons (Fsp3) is 0.0571. The number of carbonyl (C=O) groups is 4. The van der Waals surface area contributed by atoms with Gasteiger partial charge in [-0.3, -0.25) is 19.6 Å². The summed E-state index contributed by atoms with van der Waals surface area (Å²) in [5.74, 6) is -2.50. The molecule has 5 aromatic heterocycles. The number of H-pyrrole nitrogens is 2. The van der Waals surface area contributed by atoms with Gasteiger partial charge in [0.1, 0.15) is 11.5 Å². The Bertz CT molecular complexity index is 4550. The third kappa shape index (κ3) is 10.3. The Labute approximate surface area is 490 Å². The lowest BCUT2D eigenvalue weighted by atomic mass is 9.95. The van der Waals surface area contributed by atoms with Gasteiger partial charge in [0.05, 0.1) is 33.9 Å². The maximum absolute atomic E-state index is 14.2. The number of aryl methyl sites for hydroxylation is 2. The minimum absolute atomic E-state index is 0.293. The van der Waals surface area contributed by atoms with E-state index in [1.54, 1.807) is 36.4 Å². The van der Waals surface area contributed by atoms with Crippen molar-refractivity contribution >= 4 is 103 Å². The first-order valence-corrected chi connectivity index (χ1v) is 27.5. The van der Waals surface area contributed by atoms with Crippen molar-refractivity contribution in [2.75, 3.05) is 23.8 Å². The molecule has 7 heterocycles. The Morgan fingerprint density at radius 2 is 0.791 bits per heavy atom. The highest BCUT2D eigenvalue weighted by Gasteiger charge is 2.26. The molecule has 0 radical (unpaired) electrons. The lowest BCUT2D eigenvalue weighted by molar-refractivity contribution is -0.140. The third-order valence-corrected chi connectivity index (χ3v) is 15.0. The normalized spacial score (nSPS) is 11.7. The molecule has 0 unspecified atom stereocenters. The van der Waals surface area contributed by atoms with E-state index >= 15 is 0 Å². The number of para-hydroxylation sites is 2. The van der Waals surface area contributed by atoms with E-state index < -0.39 is 25.2 Å². The van der Waals surface area contributed by atoms with E-state index in [2.05, 4.69) is 30.6 Å². The van der Waals surface area contributed by atoms with Crippen LogP contribution in [-0.2, 0) is 9.59 Å². The summed E-state index contributed by atoms with van der Waals surface area (Å²) in [6.07, 6.45) is 10.7. The van der Waals surface area contributed by atoms with Crippen molar-refractivity contribution in [2.24, 2.45) is 0 Å². The zero-order chi connectivity index (χ0) is 59.0. The lowest BCUT2D eigenvalue weighted by Gasteiger charge is -2.15. The lowest BCUT2D eigenvalue weighted by Crippen LogP contribution is -2.13. The van der Waals surface area contributed by atoms with Gasteiger partial charge in [0.25, 0.3) is 11.8 Å². The van der Waals surface area contributed by atoms with Gasteiger partial charge in [0, 0.05) is 102 Å². The van der Waals surface area contributed by atoms with Gasteiger partial charge in [0.2, 0.25) is 0 Å². The number of nitrogens with one attached hydrogen (secondary N) is 4. The van der Waals surface area contributed by atoms with Crippen molar-refractivity contribution < 1.29 is 38.9 Å². The molecular weight excluding hydrogens is 1080 g/mol. The van der Waals surface area contributed by atoms with Crippen molar-refractivity contribution in [3.63, 3.8) is 0 Å². The molecule has 0 saturated heterocycles. The van der Waals surface area contributed by atoms with Crippen LogP contribution in [0.2, 0.25) is 0 Å². The van der Waals surface area contributed by atoms with Gasteiger partial charge in [-0.15, -0.1) is 0 Å². The highest BCUT2D eigenvalue weighted by molar-refractivity contribution is 6.12. The summed E-state index contributed by atoms with van der Waals surface area (Å²) >= 11 is 0. The summed E-state index contributed by atoms with van der Waals surface area (Å²) in [5.41, 5.74) is 12.0. The second-order valence-corrected chi connectivity index (χ2v) is 20.6. The number of amides is 2. The second-order valence-electron chi connectivity index (χ2n) is 20.6. The molecule has 8 bridgehead atoms. The first-order chi connectivity index (χ1) is 41.9. The molecule has 2 aliphatic rings. The first-order valence-electron chi connectivity index (χ1n) is 27.5. The summed E-state index contributed by atoms with van der Waals surface area (Å²) in [5, 5.41) is 29.6. The molecule has 418 valence electrons. The SMILES string of the molecule is Cc1ccc(C(=O)Nc2ccccc2-c2c3nc(c(-c4c(OCC(=O)O)ccc5ccccc45)c4ccc([nH]4)c(-c4ccccc4NC(=O)c4ccc(C)nc4)c4nc(c(-c5c(OCC(=O)O)ccc6ccccc56)c5ccc2[nH]5)C=C4)C=C3)cn1. The molecule has 0 saturated carbocycles. The van der Waals surface area contributed by atoms with Crippen LogP contribution in [0.5, 0.6) is 11.5 Å². The molecule has 86 heavy (non-hydrogen) atoms. The standard InChI is InChI=1S/C70H50N8O8/c1-39-19-21-43(35-71-39)69(83)77-49-17-9-7-15-47(49)63-51-25-29-55(73-51)67(65-45-13-5-3-11-41(45)23-33-59(65)85-37-61(79)80)57-31-27-53(75-57)64(48-16-8-10-18-50(48)78-70(84)44-22-20-40(2)72-36-44)54-28-32-58(76-54)68(56-30-26-52(63)74-56)66-46-14-6-4-12-42(46)24-34-60(66)86-38-62(81)82/h3-36,73,76H,37-38H2,1-2H3,(H,77,83)(H,78,84)(H,79,80)(H,81,82). The molecule has 13 rings (SSSR count). The molecule has 6 aromatic carbocycles. The van der Waals surface area contributed by atoms with Crippen molar-refractivity contribution in [1.82, 2.24) is 29.9 Å². The number of aromatic nitrogens is 6. The minimum Gasteiger partial charge on any atom is -0.481 e. The molecule has 0 aliphatic carbocycles. The number of pyridine rings is 2. The van der Waals surface area contributed by atoms with E-state index in [1.807, 2.05) is 172 Å². The molecule has 16 heteroatoms. The number of carbonyl (C=O) groups excluding carboxylic acids is 2. The van der Waals surface area contributed by atoms with E-state index in [1.165, 1.54) is 12.4 Å². The molecule has 2 amide bonds. The Kier molecular flexibility index (Phi) is 14.0. The summed E-state index contributed by atoms with van der Waals surface area (Å²) in [6, 6.07) is 52.4. The topological polar surface area (TPSA) is 234 Å². The predicted molar refractivity (Wildman–Crippen MR) is 336 cm³/mol. The van der Waals surface area contributed by atoms with Crippen LogP contribution in [0.15, 0.2) is 182 Å². The van der Waals surface area contributed by atoms with Crippen LogP contribution in [0, 0.1) is 13.8 Å². The highest BCUT2D eigenvalue weighted by atomic mass is 16.5. The smallest absolute Gasteiger partial charge is 0.341 e. The Morgan fingerprint density at radius 3 is 1.19 bits per heavy atom. The van der Waals surface area contributed by atoms with Crippen LogP contribution in [0.3, 0.4) is 0 Å². The van der Waals surface area contributed by atoms with E-state index in [4.69, 9.17) is 19.4 Å². The van der Waals surface area contributed by atoms with Crippen LogP contribution < -0.4 is 20.1 Å². The average Bonchev–Trinajstić information content (AvgIpc) is 1.58. The fourth-order valence-corrected chi connectivity index (χ4v) is 11.1. The molecular formula is C70H50N8O8. The summed E-state index contributed by atoms with van der Waals surface area (Å²) in [6.45, 7) is 2.44. The number of fused-ring (bicyclic) bond motifs is 10. The van der Waals surface area contributed by atoms with Crippen molar-refractivity contribution in [3.05, 3.63) is 228 Å². The zero-order valence-electron chi connectivity index (χ0n) is 46.2. The molecule has 2 aliphatic heterocycles. The van der Waals surface area contributed by atoms with Gasteiger partial charge in [-0.05, 0) is 132 Å².